The highest BCUT2D eigenvalue weighted by molar-refractivity contribution is 5.42. The first-order chi connectivity index (χ1) is 11.1. The third kappa shape index (κ3) is 2.50. The SMILES string of the molecule is CC(C)C1=C2C(O)C(O)C(C)C3CCC(O)(CO)C3=CC2(C)CC1. The van der Waals surface area contributed by atoms with Gasteiger partial charge < -0.3 is 20.4 Å². The zero-order valence-corrected chi connectivity index (χ0v) is 15.3. The van der Waals surface area contributed by atoms with Gasteiger partial charge >= 0.3 is 0 Å². The number of hydrogen-bond acceptors (Lipinski definition) is 4. The third-order valence-electron chi connectivity index (χ3n) is 6.91. The van der Waals surface area contributed by atoms with Gasteiger partial charge in [-0.15, -0.1) is 0 Å². The van der Waals surface area contributed by atoms with Crippen molar-refractivity contribution in [3.63, 3.8) is 0 Å². The molecule has 1 fully saturated rings. The van der Waals surface area contributed by atoms with Gasteiger partial charge in [0.05, 0.1) is 12.7 Å². The summed E-state index contributed by atoms with van der Waals surface area (Å²) in [6, 6.07) is 0. The summed E-state index contributed by atoms with van der Waals surface area (Å²) in [6.45, 7) is 8.02. The van der Waals surface area contributed by atoms with Crippen molar-refractivity contribution in [1.29, 1.82) is 0 Å². The Kier molecular flexibility index (Phi) is 4.49. The Morgan fingerprint density at radius 3 is 2.50 bits per heavy atom. The van der Waals surface area contributed by atoms with Crippen LogP contribution in [-0.2, 0) is 0 Å². The van der Waals surface area contributed by atoms with Crippen LogP contribution in [0.5, 0.6) is 0 Å². The lowest BCUT2D eigenvalue weighted by Crippen LogP contribution is -2.44. The van der Waals surface area contributed by atoms with E-state index in [2.05, 4.69) is 26.8 Å². The molecule has 0 saturated heterocycles. The van der Waals surface area contributed by atoms with Crippen molar-refractivity contribution in [2.24, 2.45) is 23.2 Å². The van der Waals surface area contributed by atoms with Crippen LogP contribution in [0, 0.1) is 23.2 Å². The van der Waals surface area contributed by atoms with E-state index < -0.39 is 17.8 Å². The van der Waals surface area contributed by atoms with Gasteiger partial charge in [0.25, 0.3) is 0 Å². The average molecular weight is 336 g/mol. The lowest BCUT2D eigenvalue weighted by molar-refractivity contribution is -0.0185. The first-order valence-corrected chi connectivity index (χ1v) is 9.30. The van der Waals surface area contributed by atoms with Gasteiger partial charge in [0.2, 0.25) is 0 Å². The first kappa shape index (κ1) is 18.1. The van der Waals surface area contributed by atoms with E-state index in [1.54, 1.807) is 0 Å². The Balaban J connectivity index is 2.20. The van der Waals surface area contributed by atoms with E-state index in [-0.39, 0.29) is 23.9 Å². The molecule has 3 rings (SSSR count). The Morgan fingerprint density at radius 1 is 1.25 bits per heavy atom. The van der Waals surface area contributed by atoms with E-state index in [9.17, 15) is 20.4 Å². The van der Waals surface area contributed by atoms with Crippen molar-refractivity contribution in [3.05, 3.63) is 22.8 Å². The zero-order valence-electron chi connectivity index (χ0n) is 15.3. The second-order valence-corrected chi connectivity index (χ2v) is 8.74. The Morgan fingerprint density at radius 2 is 1.92 bits per heavy atom. The molecular formula is C20H32O4. The van der Waals surface area contributed by atoms with Gasteiger partial charge in [-0.05, 0) is 54.6 Å². The molecule has 0 aromatic carbocycles. The molecule has 0 heterocycles. The molecule has 136 valence electrons. The second kappa shape index (κ2) is 5.94. The normalized spacial score (nSPS) is 45.8. The standard InChI is InChI=1S/C20H32O4/c1-11(2)13-5-7-19(4)9-15-14(6-8-20(15,24)10-21)12(3)17(22)18(23)16(13)19/h9,11-12,14,17-18,21-24H,5-8,10H2,1-4H3. The van der Waals surface area contributed by atoms with E-state index in [1.807, 2.05) is 6.92 Å². The topological polar surface area (TPSA) is 80.9 Å². The first-order valence-electron chi connectivity index (χ1n) is 9.30. The summed E-state index contributed by atoms with van der Waals surface area (Å²) in [5.74, 6) is 0.180. The predicted octanol–water partition coefficient (Wildman–Crippen LogP) is 2.17. The average Bonchev–Trinajstić information content (AvgIpc) is 3.04. The molecule has 3 aliphatic carbocycles. The van der Waals surface area contributed by atoms with Gasteiger partial charge in [-0.25, -0.2) is 0 Å². The largest absolute Gasteiger partial charge is 0.393 e. The van der Waals surface area contributed by atoms with Crippen LogP contribution in [0.1, 0.15) is 53.4 Å². The lowest BCUT2D eigenvalue weighted by atomic mass is 9.68. The molecule has 6 atom stereocenters. The highest BCUT2D eigenvalue weighted by Gasteiger charge is 2.52. The molecule has 4 N–H and O–H groups in total. The van der Waals surface area contributed by atoms with E-state index >= 15 is 0 Å². The van der Waals surface area contributed by atoms with E-state index in [1.165, 1.54) is 5.57 Å². The summed E-state index contributed by atoms with van der Waals surface area (Å²) in [7, 11) is 0. The van der Waals surface area contributed by atoms with Crippen molar-refractivity contribution in [2.75, 3.05) is 6.61 Å². The number of fused-ring (bicyclic) bond motifs is 2. The molecule has 0 aromatic heterocycles. The molecular weight excluding hydrogens is 304 g/mol. The summed E-state index contributed by atoms with van der Waals surface area (Å²) in [4.78, 5) is 0. The number of hydrogen-bond donors (Lipinski definition) is 4. The highest BCUT2D eigenvalue weighted by Crippen LogP contribution is 2.55. The fourth-order valence-electron chi connectivity index (χ4n) is 5.34. The zero-order chi connectivity index (χ0) is 17.9. The molecule has 1 saturated carbocycles. The van der Waals surface area contributed by atoms with Gasteiger partial charge in [-0.2, -0.15) is 0 Å². The monoisotopic (exact) mass is 336 g/mol. The maximum Gasteiger partial charge on any atom is 0.109 e. The lowest BCUT2D eigenvalue weighted by Gasteiger charge is -2.41. The van der Waals surface area contributed by atoms with Crippen molar-refractivity contribution >= 4 is 0 Å². The summed E-state index contributed by atoms with van der Waals surface area (Å²) in [5.41, 5.74) is 1.50. The summed E-state index contributed by atoms with van der Waals surface area (Å²) < 4.78 is 0. The van der Waals surface area contributed by atoms with Crippen LogP contribution >= 0.6 is 0 Å². The van der Waals surface area contributed by atoms with Crippen molar-refractivity contribution in [1.82, 2.24) is 0 Å². The van der Waals surface area contributed by atoms with Crippen LogP contribution in [0.15, 0.2) is 22.8 Å². The molecule has 6 unspecified atom stereocenters. The number of aliphatic hydroxyl groups is 4. The van der Waals surface area contributed by atoms with E-state index in [4.69, 9.17) is 0 Å². The molecule has 0 spiro atoms. The van der Waals surface area contributed by atoms with Crippen molar-refractivity contribution in [3.8, 4) is 0 Å². The van der Waals surface area contributed by atoms with E-state index in [0.29, 0.717) is 12.3 Å². The molecule has 24 heavy (non-hydrogen) atoms. The van der Waals surface area contributed by atoms with Crippen molar-refractivity contribution < 1.29 is 20.4 Å². The molecule has 0 aliphatic heterocycles. The van der Waals surface area contributed by atoms with Crippen LogP contribution in [0.3, 0.4) is 0 Å². The van der Waals surface area contributed by atoms with E-state index in [0.717, 1.165) is 30.4 Å². The van der Waals surface area contributed by atoms with Gasteiger partial charge in [-0.3, -0.25) is 0 Å². The van der Waals surface area contributed by atoms with Gasteiger partial charge in [0, 0.05) is 5.41 Å². The molecule has 4 heteroatoms. The Bertz CT molecular complexity index is 578. The van der Waals surface area contributed by atoms with Crippen molar-refractivity contribution in [2.45, 2.75) is 71.2 Å². The summed E-state index contributed by atoms with van der Waals surface area (Å²) in [5, 5.41) is 42.5. The van der Waals surface area contributed by atoms with Crippen LogP contribution in [0.4, 0.5) is 0 Å². The molecule has 0 radical (unpaired) electrons. The fourth-order valence-corrected chi connectivity index (χ4v) is 5.34. The number of allylic oxidation sites excluding steroid dienone is 2. The molecule has 3 aliphatic rings. The number of rotatable bonds is 2. The minimum Gasteiger partial charge on any atom is -0.393 e. The molecule has 0 amide bonds. The molecule has 0 bridgehead atoms. The smallest absolute Gasteiger partial charge is 0.109 e. The number of aliphatic hydroxyl groups excluding tert-OH is 3. The predicted molar refractivity (Wildman–Crippen MR) is 93.2 cm³/mol. The third-order valence-corrected chi connectivity index (χ3v) is 6.91. The van der Waals surface area contributed by atoms with Gasteiger partial charge in [0.1, 0.15) is 11.7 Å². The minimum absolute atomic E-state index is 0.00766. The summed E-state index contributed by atoms with van der Waals surface area (Å²) in [6.07, 6.45) is 3.46. The summed E-state index contributed by atoms with van der Waals surface area (Å²) >= 11 is 0. The molecule has 4 nitrogen and oxygen atoms in total. The maximum absolute atomic E-state index is 11.0. The van der Waals surface area contributed by atoms with Crippen LogP contribution < -0.4 is 0 Å². The van der Waals surface area contributed by atoms with Gasteiger partial charge in [-0.1, -0.05) is 39.3 Å². The maximum atomic E-state index is 11.0. The highest BCUT2D eigenvalue weighted by atomic mass is 16.3. The van der Waals surface area contributed by atoms with Crippen LogP contribution in [0.25, 0.3) is 0 Å². The second-order valence-electron chi connectivity index (χ2n) is 8.74. The quantitative estimate of drug-likeness (QED) is 0.583. The fraction of sp³-hybridized carbons (Fsp3) is 0.800. The molecule has 0 aromatic rings. The van der Waals surface area contributed by atoms with Crippen LogP contribution in [0.2, 0.25) is 0 Å². The van der Waals surface area contributed by atoms with Crippen LogP contribution in [-0.4, -0.2) is 44.8 Å². The Labute approximate surface area is 144 Å². The van der Waals surface area contributed by atoms with Gasteiger partial charge in [0.15, 0.2) is 0 Å². The Hall–Kier alpha value is -0.680. The minimum atomic E-state index is -1.18.